The molecule has 0 amide bonds. The van der Waals surface area contributed by atoms with Crippen LogP contribution in [0.3, 0.4) is 0 Å². The lowest BCUT2D eigenvalue weighted by Gasteiger charge is -2.21. The first-order chi connectivity index (χ1) is 7.71. The normalized spacial score (nSPS) is 9.88. The van der Waals surface area contributed by atoms with Crippen LogP contribution in [0.4, 0.5) is 5.82 Å². The van der Waals surface area contributed by atoms with Crippen molar-refractivity contribution in [2.24, 2.45) is 0 Å². The molecule has 16 heavy (non-hydrogen) atoms. The van der Waals surface area contributed by atoms with E-state index >= 15 is 0 Å². The number of hydrogen-bond acceptors (Lipinski definition) is 4. The summed E-state index contributed by atoms with van der Waals surface area (Å²) in [5.41, 5.74) is 0. The molecule has 0 fully saturated rings. The maximum atomic E-state index is 8.59. The standard InChI is InChI=1S/C11H15BrN4/c1-3-10-14-9(12)8-11(15-10)16(4-2)7-5-6-13/h8H,3-5,7H2,1-2H3. The first-order valence-electron chi connectivity index (χ1n) is 5.36. The number of aryl methyl sites for hydroxylation is 1. The number of aromatic nitrogens is 2. The number of halogens is 1. The minimum atomic E-state index is 0.511. The molecule has 0 spiro atoms. The van der Waals surface area contributed by atoms with Gasteiger partial charge in [-0.1, -0.05) is 6.92 Å². The average molecular weight is 283 g/mol. The van der Waals surface area contributed by atoms with Gasteiger partial charge in [0.2, 0.25) is 0 Å². The van der Waals surface area contributed by atoms with Gasteiger partial charge in [0, 0.05) is 25.6 Å². The van der Waals surface area contributed by atoms with Crippen molar-refractivity contribution in [2.45, 2.75) is 26.7 Å². The molecule has 0 aliphatic rings. The quantitative estimate of drug-likeness (QED) is 0.779. The molecule has 0 saturated heterocycles. The zero-order valence-electron chi connectivity index (χ0n) is 9.57. The van der Waals surface area contributed by atoms with Gasteiger partial charge in [0.1, 0.15) is 16.2 Å². The molecular weight excluding hydrogens is 268 g/mol. The molecule has 86 valence electrons. The van der Waals surface area contributed by atoms with Gasteiger partial charge in [-0.15, -0.1) is 0 Å². The van der Waals surface area contributed by atoms with Crippen molar-refractivity contribution in [3.05, 3.63) is 16.5 Å². The third-order valence-corrected chi connectivity index (χ3v) is 2.65. The van der Waals surface area contributed by atoms with Gasteiger partial charge in [-0.3, -0.25) is 0 Å². The second-order valence-electron chi connectivity index (χ2n) is 3.31. The fraction of sp³-hybridized carbons (Fsp3) is 0.545. The van der Waals surface area contributed by atoms with Crippen molar-refractivity contribution in [3.63, 3.8) is 0 Å². The van der Waals surface area contributed by atoms with E-state index in [1.807, 2.05) is 13.0 Å². The van der Waals surface area contributed by atoms with Crippen molar-refractivity contribution >= 4 is 21.7 Å². The van der Waals surface area contributed by atoms with Crippen LogP contribution in [0.15, 0.2) is 10.7 Å². The van der Waals surface area contributed by atoms with Gasteiger partial charge < -0.3 is 4.90 Å². The van der Waals surface area contributed by atoms with Crippen molar-refractivity contribution in [3.8, 4) is 6.07 Å². The fourth-order valence-electron chi connectivity index (χ4n) is 1.39. The first-order valence-corrected chi connectivity index (χ1v) is 6.15. The van der Waals surface area contributed by atoms with Crippen molar-refractivity contribution < 1.29 is 0 Å². The number of hydrogen-bond donors (Lipinski definition) is 0. The lowest BCUT2D eigenvalue weighted by Crippen LogP contribution is -2.25. The Balaban J connectivity index is 2.91. The molecule has 0 radical (unpaired) electrons. The Bertz CT molecular complexity index is 386. The smallest absolute Gasteiger partial charge is 0.133 e. The Hall–Kier alpha value is -1.15. The summed E-state index contributed by atoms with van der Waals surface area (Å²) in [6, 6.07) is 4.04. The SMILES string of the molecule is CCc1nc(Br)cc(N(CC)CCC#N)n1. The maximum Gasteiger partial charge on any atom is 0.133 e. The predicted molar refractivity (Wildman–Crippen MR) is 67.2 cm³/mol. The van der Waals surface area contributed by atoms with E-state index in [4.69, 9.17) is 5.26 Å². The summed E-state index contributed by atoms with van der Waals surface area (Å²) in [7, 11) is 0. The summed E-state index contributed by atoms with van der Waals surface area (Å²) in [6.45, 7) is 5.63. The van der Waals surface area contributed by atoms with Gasteiger partial charge in [0.05, 0.1) is 12.5 Å². The highest BCUT2D eigenvalue weighted by Gasteiger charge is 2.08. The zero-order chi connectivity index (χ0) is 12.0. The van der Waals surface area contributed by atoms with Gasteiger partial charge in [-0.25, -0.2) is 9.97 Å². The third-order valence-electron chi connectivity index (χ3n) is 2.24. The molecule has 0 aliphatic heterocycles. The third kappa shape index (κ3) is 3.46. The Morgan fingerprint density at radius 2 is 2.19 bits per heavy atom. The van der Waals surface area contributed by atoms with Gasteiger partial charge in [-0.05, 0) is 22.9 Å². The van der Waals surface area contributed by atoms with Gasteiger partial charge in [0.15, 0.2) is 0 Å². The van der Waals surface area contributed by atoms with Crippen molar-refractivity contribution in [1.82, 2.24) is 9.97 Å². The molecule has 0 aromatic carbocycles. The van der Waals surface area contributed by atoms with E-state index in [9.17, 15) is 0 Å². The van der Waals surface area contributed by atoms with Gasteiger partial charge in [0.25, 0.3) is 0 Å². The molecule has 1 aromatic rings. The minimum absolute atomic E-state index is 0.511. The van der Waals surface area contributed by atoms with Gasteiger partial charge in [-0.2, -0.15) is 5.26 Å². The van der Waals surface area contributed by atoms with E-state index in [1.54, 1.807) is 0 Å². The molecule has 0 unspecified atom stereocenters. The van der Waals surface area contributed by atoms with E-state index in [1.165, 1.54) is 0 Å². The molecule has 1 rings (SSSR count). The van der Waals surface area contributed by atoms with Crippen LogP contribution in [0.25, 0.3) is 0 Å². The summed E-state index contributed by atoms with van der Waals surface area (Å²) < 4.78 is 0.796. The van der Waals surface area contributed by atoms with E-state index in [0.717, 1.165) is 29.2 Å². The highest BCUT2D eigenvalue weighted by molar-refractivity contribution is 9.10. The summed E-state index contributed by atoms with van der Waals surface area (Å²) in [5.74, 6) is 1.70. The average Bonchev–Trinajstić information content (AvgIpc) is 2.29. The molecule has 4 nitrogen and oxygen atoms in total. The van der Waals surface area contributed by atoms with Crippen LogP contribution in [0.1, 0.15) is 26.1 Å². The van der Waals surface area contributed by atoms with E-state index < -0.39 is 0 Å². The maximum absolute atomic E-state index is 8.59. The Morgan fingerprint density at radius 1 is 1.44 bits per heavy atom. The molecule has 0 saturated carbocycles. The number of nitriles is 1. The van der Waals surface area contributed by atoms with Crippen LogP contribution in [-0.2, 0) is 6.42 Å². The minimum Gasteiger partial charge on any atom is -0.356 e. The highest BCUT2D eigenvalue weighted by Crippen LogP contribution is 2.17. The van der Waals surface area contributed by atoms with E-state index in [0.29, 0.717) is 13.0 Å². The number of rotatable bonds is 5. The molecule has 5 heteroatoms. The molecular formula is C11H15BrN4. The topological polar surface area (TPSA) is 52.8 Å². The van der Waals surface area contributed by atoms with Crippen LogP contribution >= 0.6 is 15.9 Å². The van der Waals surface area contributed by atoms with Crippen molar-refractivity contribution in [2.75, 3.05) is 18.0 Å². The van der Waals surface area contributed by atoms with Crippen LogP contribution in [-0.4, -0.2) is 23.1 Å². The zero-order valence-corrected chi connectivity index (χ0v) is 11.2. The lowest BCUT2D eigenvalue weighted by atomic mass is 10.3. The lowest BCUT2D eigenvalue weighted by molar-refractivity contribution is 0.793. The van der Waals surface area contributed by atoms with E-state index in [-0.39, 0.29) is 0 Å². The van der Waals surface area contributed by atoms with Gasteiger partial charge >= 0.3 is 0 Å². The second kappa shape index (κ2) is 6.44. The Morgan fingerprint density at radius 3 is 2.75 bits per heavy atom. The summed E-state index contributed by atoms with van der Waals surface area (Å²) >= 11 is 3.38. The predicted octanol–water partition coefficient (Wildman–Crippen LogP) is 2.54. The largest absolute Gasteiger partial charge is 0.356 e. The van der Waals surface area contributed by atoms with Crippen LogP contribution in [0.5, 0.6) is 0 Å². The molecule has 0 atom stereocenters. The number of anilines is 1. The Labute approximate surface area is 104 Å². The van der Waals surface area contributed by atoms with E-state index in [2.05, 4.69) is 43.8 Å². The second-order valence-corrected chi connectivity index (χ2v) is 4.12. The van der Waals surface area contributed by atoms with Crippen LogP contribution in [0.2, 0.25) is 0 Å². The van der Waals surface area contributed by atoms with Crippen molar-refractivity contribution in [1.29, 1.82) is 5.26 Å². The molecule has 0 aliphatic carbocycles. The number of nitrogens with zero attached hydrogens (tertiary/aromatic N) is 4. The van der Waals surface area contributed by atoms with Crippen LogP contribution in [0, 0.1) is 11.3 Å². The molecule has 1 heterocycles. The fourth-order valence-corrected chi connectivity index (χ4v) is 1.80. The molecule has 0 bridgehead atoms. The summed E-state index contributed by atoms with van der Waals surface area (Å²) in [4.78, 5) is 10.8. The molecule has 0 N–H and O–H groups in total. The molecule has 1 aromatic heterocycles. The monoisotopic (exact) mass is 282 g/mol. The summed E-state index contributed by atoms with van der Waals surface area (Å²) in [6.07, 6.45) is 1.32. The first kappa shape index (κ1) is 12.9. The summed E-state index contributed by atoms with van der Waals surface area (Å²) in [5, 5.41) is 8.59. The highest BCUT2D eigenvalue weighted by atomic mass is 79.9. The van der Waals surface area contributed by atoms with Crippen LogP contribution < -0.4 is 4.90 Å². The Kier molecular flexibility index (Phi) is 5.20.